The summed E-state index contributed by atoms with van der Waals surface area (Å²) >= 11 is 0. The molecule has 70 valence electrons. The lowest BCUT2D eigenvalue weighted by Crippen LogP contribution is -2.40. The Morgan fingerprint density at radius 3 is 2.33 bits per heavy atom. The van der Waals surface area contributed by atoms with Gasteiger partial charge in [-0.25, -0.2) is 0 Å². The Hall–Kier alpha value is 0.110. The lowest BCUT2D eigenvalue weighted by molar-refractivity contribution is 0.195. The Kier molecular flexibility index (Phi) is 2.51. The van der Waals surface area contributed by atoms with E-state index < -0.39 is 10.8 Å². The van der Waals surface area contributed by atoms with Gasteiger partial charge in [0.05, 0.1) is 0 Å². The van der Waals surface area contributed by atoms with Crippen LogP contribution in [0.4, 0.5) is 0 Å². The third-order valence-electron chi connectivity index (χ3n) is 3.16. The van der Waals surface area contributed by atoms with Crippen molar-refractivity contribution in [2.45, 2.75) is 42.6 Å². The van der Waals surface area contributed by atoms with E-state index in [0.717, 1.165) is 25.7 Å². The van der Waals surface area contributed by atoms with Gasteiger partial charge in [-0.15, -0.1) is 0 Å². The van der Waals surface area contributed by atoms with Crippen LogP contribution >= 0.6 is 0 Å². The molecule has 12 heavy (non-hydrogen) atoms. The molecule has 2 aliphatic rings. The summed E-state index contributed by atoms with van der Waals surface area (Å²) in [7, 11) is -0.569. The minimum atomic E-state index is -0.569. The molecule has 0 radical (unpaired) electrons. The zero-order chi connectivity index (χ0) is 8.55. The maximum Gasteiger partial charge on any atom is 0.0460 e. The molecular weight excluding hydrogens is 172 g/mol. The van der Waals surface area contributed by atoms with Gasteiger partial charge in [0.15, 0.2) is 0 Å². The number of aliphatic hydroxyl groups excluding tert-OH is 1. The quantitative estimate of drug-likeness (QED) is 0.668. The summed E-state index contributed by atoms with van der Waals surface area (Å²) in [6.45, 7) is 0.296. The first-order valence-corrected chi connectivity index (χ1v) is 6.09. The number of aliphatic hydroxyl groups is 1. The second-order valence-electron chi connectivity index (χ2n) is 4.02. The highest BCUT2D eigenvalue weighted by Gasteiger charge is 2.37. The predicted octanol–water partition coefficient (Wildman–Crippen LogP) is 1.06. The highest BCUT2D eigenvalue weighted by Crippen LogP contribution is 2.36. The lowest BCUT2D eigenvalue weighted by Gasteiger charge is -2.37. The third-order valence-corrected chi connectivity index (χ3v) is 5.33. The SMILES string of the molecule is O=S1C2CCCC1CC(CO)C2. The molecule has 0 amide bonds. The standard InChI is InChI=1S/C9H16O2S/c10-6-7-4-8-2-1-3-9(5-7)12(8)11/h7-10H,1-6H2. The van der Waals surface area contributed by atoms with E-state index in [0.29, 0.717) is 23.0 Å². The van der Waals surface area contributed by atoms with Crippen molar-refractivity contribution in [3.8, 4) is 0 Å². The third kappa shape index (κ3) is 1.44. The molecule has 0 aliphatic carbocycles. The summed E-state index contributed by atoms with van der Waals surface area (Å²) in [5, 5.41) is 9.86. The topological polar surface area (TPSA) is 37.3 Å². The number of hydrogen-bond acceptors (Lipinski definition) is 2. The van der Waals surface area contributed by atoms with Crippen molar-refractivity contribution in [3.63, 3.8) is 0 Å². The molecule has 0 aromatic heterocycles. The summed E-state index contributed by atoms with van der Waals surface area (Å²) in [5.41, 5.74) is 0. The van der Waals surface area contributed by atoms with Crippen molar-refractivity contribution in [2.24, 2.45) is 5.92 Å². The van der Waals surface area contributed by atoms with E-state index >= 15 is 0 Å². The fraction of sp³-hybridized carbons (Fsp3) is 1.00. The summed E-state index contributed by atoms with van der Waals surface area (Å²) in [4.78, 5) is 0. The number of rotatable bonds is 1. The van der Waals surface area contributed by atoms with Crippen molar-refractivity contribution < 1.29 is 9.32 Å². The molecular formula is C9H16O2S. The largest absolute Gasteiger partial charge is 0.396 e. The first-order valence-electron chi connectivity index (χ1n) is 4.81. The summed E-state index contributed by atoms with van der Waals surface area (Å²) in [5.74, 6) is 0.443. The van der Waals surface area contributed by atoms with E-state index in [9.17, 15) is 4.21 Å². The van der Waals surface area contributed by atoms with Crippen molar-refractivity contribution >= 4 is 10.8 Å². The van der Waals surface area contributed by atoms with Crippen molar-refractivity contribution in [2.75, 3.05) is 6.61 Å². The minimum absolute atomic E-state index is 0.296. The summed E-state index contributed by atoms with van der Waals surface area (Å²) < 4.78 is 11.7. The molecule has 2 heterocycles. The van der Waals surface area contributed by atoms with Gasteiger partial charge < -0.3 is 5.11 Å². The molecule has 2 aliphatic heterocycles. The van der Waals surface area contributed by atoms with Crippen molar-refractivity contribution in [1.82, 2.24) is 0 Å². The van der Waals surface area contributed by atoms with Crippen LogP contribution in [-0.4, -0.2) is 26.4 Å². The molecule has 2 fully saturated rings. The Morgan fingerprint density at radius 1 is 1.25 bits per heavy atom. The molecule has 1 N–H and O–H groups in total. The molecule has 2 unspecified atom stereocenters. The maximum atomic E-state index is 11.7. The van der Waals surface area contributed by atoms with Crippen LogP contribution in [0.3, 0.4) is 0 Å². The van der Waals surface area contributed by atoms with Crippen LogP contribution in [0.25, 0.3) is 0 Å². The van der Waals surface area contributed by atoms with Crippen molar-refractivity contribution in [1.29, 1.82) is 0 Å². The number of fused-ring (bicyclic) bond motifs is 2. The van der Waals surface area contributed by atoms with Gasteiger partial charge >= 0.3 is 0 Å². The monoisotopic (exact) mass is 188 g/mol. The van der Waals surface area contributed by atoms with Crippen LogP contribution in [-0.2, 0) is 10.8 Å². The van der Waals surface area contributed by atoms with Gasteiger partial charge in [0.25, 0.3) is 0 Å². The molecule has 0 spiro atoms. The summed E-state index contributed by atoms with van der Waals surface area (Å²) in [6, 6.07) is 0. The van der Waals surface area contributed by atoms with Gasteiger partial charge in [-0.3, -0.25) is 4.21 Å². The maximum absolute atomic E-state index is 11.7. The predicted molar refractivity (Wildman–Crippen MR) is 49.4 cm³/mol. The average Bonchev–Trinajstić information content (AvgIpc) is 2.04. The minimum Gasteiger partial charge on any atom is -0.396 e. The Labute approximate surface area is 75.8 Å². The zero-order valence-corrected chi connectivity index (χ0v) is 8.05. The van der Waals surface area contributed by atoms with Crippen LogP contribution in [0.2, 0.25) is 0 Å². The molecule has 2 rings (SSSR count). The molecule has 2 bridgehead atoms. The van der Waals surface area contributed by atoms with Gasteiger partial charge in [0.2, 0.25) is 0 Å². The van der Waals surface area contributed by atoms with Crippen LogP contribution in [0.1, 0.15) is 32.1 Å². The van der Waals surface area contributed by atoms with Gasteiger partial charge in [0, 0.05) is 27.9 Å². The Morgan fingerprint density at radius 2 is 1.83 bits per heavy atom. The molecule has 0 aromatic carbocycles. The van der Waals surface area contributed by atoms with Crippen LogP contribution in [0.5, 0.6) is 0 Å². The van der Waals surface area contributed by atoms with Gasteiger partial charge in [-0.05, 0) is 31.6 Å². The van der Waals surface area contributed by atoms with E-state index in [1.807, 2.05) is 0 Å². The first kappa shape index (κ1) is 8.70. The van der Waals surface area contributed by atoms with Crippen molar-refractivity contribution in [3.05, 3.63) is 0 Å². The van der Waals surface area contributed by atoms with Crippen LogP contribution in [0.15, 0.2) is 0 Å². The van der Waals surface area contributed by atoms with Crippen LogP contribution < -0.4 is 0 Å². The van der Waals surface area contributed by atoms with E-state index in [1.54, 1.807) is 0 Å². The summed E-state index contributed by atoms with van der Waals surface area (Å²) in [6.07, 6.45) is 5.50. The molecule has 2 atom stereocenters. The highest BCUT2D eigenvalue weighted by atomic mass is 32.2. The second-order valence-corrected chi connectivity index (χ2v) is 6.01. The first-order chi connectivity index (χ1) is 5.81. The van der Waals surface area contributed by atoms with E-state index in [4.69, 9.17) is 5.11 Å². The van der Waals surface area contributed by atoms with Gasteiger partial charge in [0.1, 0.15) is 0 Å². The Bertz CT molecular complexity index is 177. The average molecular weight is 188 g/mol. The zero-order valence-electron chi connectivity index (χ0n) is 7.24. The highest BCUT2D eigenvalue weighted by molar-refractivity contribution is 7.86. The van der Waals surface area contributed by atoms with E-state index in [1.165, 1.54) is 6.42 Å². The van der Waals surface area contributed by atoms with E-state index in [2.05, 4.69) is 0 Å². The van der Waals surface area contributed by atoms with Gasteiger partial charge in [-0.1, -0.05) is 6.42 Å². The molecule has 0 saturated carbocycles. The molecule has 2 saturated heterocycles. The second kappa shape index (κ2) is 3.46. The normalized spacial score (nSPS) is 47.4. The smallest absolute Gasteiger partial charge is 0.0460 e. The van der Waals surface area contributed by atoms with Gasteiger partial charge in [-0.2, -0.15) is 0 Å². The fourth-order valence-corrected chi connectivity index (χ4v) is 4.76. The van der Waals surface area contributed by atoms with E-state index in [-0.39, 0.29) is 0 Å². The lowest BCUT2D eigenvalue weighted by atomic mass is 9.90. The molecule has 0 aromatic rings. The molecule has 3 heteroatoms. The molecule has 2 nitrogen and oxygen atoms in total. The van der Waals surface area contributed by atoms with Crippen LogP contribution in [0, 0.1) is 5.92 Å². The fourth-order valence-electron chi connectivity index (χ4n) is 2.49. The Balaban J connectivity index is 2.07. The number of hydrogen-bond donors (Lipinski definition) is 1.